The molecule has 0 fully saturated rings. The fraction of sp³-hybridized carbons (Fsp3) is 0.200. The number of nitrogens with two attached hydrogens (primary N) is 2. The first kappa shape index (κ1) is 10.2. The zero-order valence-electron chi connectivity index (χ0n) is 7.81. The minimum Gasteiger partial charge on any atom is -0.387 e. The van der Waals surface area contributed by atoms with E-state index in [4.69, 9.17) is 11.5 Å². The molecule has 1 rings (SSSR count). The van der Waals surface area contributed by atoms with Crippen LogP contribution in [0.15, 0.2) is 35.3 Å². The summed E-state index contributed by atoms with van der Waals surface area (Å²) in [6.45, 7) is 0.486. The molecule has 1 aromatic carbocycles. The maximum atomic E-state index is 10.5. The molecule has 0 heterocycles. The van der Waals surface area contributed by atoms with E-state index < -0.39 is 5.91 Å². The summed E-state index contributed by atoms with van der Waals surface area (Å²) < 4.78 is 0. The van der Waals surface area contributed by atoms with Gasteiger partial charge in [0.1, 0.15) is 5.84 Å². The summed E-state index contributed by atoms with van der Waals surface area (Å²) >= 11 is 0. The van der Waals surface area contributed by atoms with Gasteiger partial charge in [-0.2, -0.15) is 0 Å². The highest BCUT2D eigenvalue weighted by atomic mass is 16.1. The highest BCUT2D eigenvalue weighted by molar-refractivity contribution is 5.98. The monoisotopic (exact) mass is 191 g/mol. The first-order chi connectivity index (χ1) is 6.68. The molecule has 0 unspecified atom stereocenters. The predicted molar refractivity (Wildman–Crippen MR) is 55.6 cm³/mol. The van der Waals surface area contributed by atoms with E-state index in [1.807, 2.05) is 30.3 Å². The third kappa shape index (κ3) is 3.71. The number of hydrogen-bond acceptors (Lipinski definition) is 2. The van der Waals surface area contributed by atoms with Crippen LogP contribution < -0.4 is 11.5 Å². The van der Waals surface area contributed by atoms with Gasteiger partial charge in [-0.25, -0.2) is 0 Å². The lowest BCUT2D eigenvalue weighted by Gasteiger charge is -1.98. The molecule has 4 nitrogen and oxygen atoms in total. The van der Waals surface area contributed by atoms with E-state index in [1.54, 1.807) is 0 Å². The second-order valence-electron chi connectivity index (χ2n) is 2.94. The zero-order chi connectivity index (χ0) is 10.4. The lowest BCUT2D eigenvalue weighted by atomic mass is 10.2. The normalized spacial score (nSPS) is 11.3. The molecule has 0 aliphatic carbocycles. The molecule has 0 bridgehead atoms. The predicted octanol–water partition coefficient (Wildman–Crippen LogP) is 0.419. The molecule has 0 saturated carbocycles. The number of carbonyl (C=O) groups is 1. The maximum absolute atomic E-state index is 10.5. The van der Waals surface area contributed by atoms with Crippen LogP contribution in [0.3, 0.4) is 0 Å². The third-order valence-electron chi connectivity index (χ3n) is 1.66. The Kier molecular flexibility index (Phi) is 3.67. The topological polar surface area (TPSA) is 81.5 Å². The van der Waals surface area contributed by atoms with E-state index >= 15 is 0 Å². The number of benzene rings is 1. The Morgan fingerprint density at radius 3 is 2.43 bits per heavy atom. The quantitative estimate of drug-likeness (QED) is 0.534. The highest BCUT2D eigenvalue weighted by Gasteiger charge is 1.97. The minimum absolute atomic E-state index is 0.0207. The van der Waals surface area contributed by atoms with Crippen LogP contribution in [-0.4, -0.2) is 11.7 Å². The van der Waals surface area contributed by atoms with Crippen molar-refractivity contribution in [1.82, 2.24) is 0 Å². The van der Waals surface area contributed by atoms with Crippen molar-refractivity contribution in [2.45, 2.75) is 13.0 Å². The standard InChI is InChI=1S/C10H13N3O/c11-9(6-10(12)14)13-7-8-4-2-1-3-5-8/h1-5H,6-7H2,(H2,11,13)(H2,12,14). The lowest BCUT2D eigenvalue weighted by molar-refractivity contribution is -0.116. The van der Waals surface area contributed by atoms with Gasteiger partial charge < -0.3 is 11.5 Å². The second kappa shape index (κ2) is 5.01. The van der Waals surface area contributed by atoms with Gasteiger partial charge in [0.05, 0.1) is 13.0 Å². The Balaban J connectivity index is 2.51. The lowest BCUT2D eigenvalue weighted by Crippen LogP contribution is -2.22. The Morgan fingerprint density at radius 1 is 1.21 bits per heavy atom. The van der Waals surface area contributed by atoms with E-state index in [1.165, 1.54) is 0 Å². The van der Waals surface area contributed by atoms with E-state index in [0.29, 0.717) is 6.54 Å². The number of nitrogens with zero attached hydrogens (tertiary/aromatic N) is 1. The molecule has 0 aromatic heterocycles. The average Bonchev–Trinajstić information content (AvgIpc) is 2.15. The first-order valence-corrected chi connectivity index (χ1v) is 4.29. The largest absolute Gasteiger partial charge is 0.387 e. The fourth-order valence-corrected chi connectivity index (χ4v) is 1.01. The van der Waals surface area contributed by atoms with Gasteiger partial charge in [0, 0.05) is 0 Å². The van der Waals surface area contributed by atoms with Gasteiger partial charge in [-0.3, -0.25) is 9.79 Å². The molecule has 4 N–H and O–H groups in total. The van der Waals surface area contributed by atoms with Crippen molar-refractivity contribution in [2.24, 2.45) is 16.5 Å². The van der Waals surface area contributed by atoms with Crippen molar-refractivity contribution in [1.29, 1.82) is 0 Å². The number of rotatable bonds is 4. The summed E-state index contributed by atoms with van der Waals surface area (Å²) in [4.78, 5) is 14.5. The van der Waals surface area contributed by atoms with Gasteiger partial charge in [0.25, 0.3) is 0 Å². The van der Waals surface area contributed by atoms with Crippen LogP contribution in [0.25, 0.3) is 0 Å². The van der Waals surface area contributed by atoms with Crippen LogP contribution in [0, 0.1) is 0 Å². The van der Waals surface area contributed by atoms with Crippen LogP contribution >= 0.6 is 0 Å². The smallest absolute Gasteiger partial charge is 0.224 e. The summed E-state index contributed by atoms with van der Waals surface area (Å²) in [5, 5.41) is 0. The Hall–Kier alpha value is -1.84. The fourth-order valence-electron chi connectivity index (χ4n) is 1.01. The molecular weight excluding hydrogens is 178 g/mol. The molecule has 4 heteroatoms. The van der Waals surface area contributed by atoms with E-state index in [0.717, 1.165) is 5.56 Å². The summed E-state index contributed by atoms with van der Waals surface area (Å²) in [6, 6.07) is 9.67. The van der Waals surface area contributed by atoms with Gasteiger partial charge >= 0.3 is 0 Å². The van der Waals surface area contributed by atoms with Crippen molar-refractivity contribution in [3.05, 3.63) is 35.9 Å². The molecule has 1 amide bonds. The number of amidine groups is 1. The molecule has 14 heavy (non-hydrogen) atoms. The maximum Gasteiger partial charge on any atom is 0.224 e. The van der Waals surface area contributed by atoms with E-state index in [9.17, 15) is 4.79 Å². The number of primary amides is 1. The van der Waals surface area contributed by atoms with Crippen LogP contribution in [0.4, 0.5) is 0 Å². The van der Waals surface area contributed by atoms with Gasteiger partial charge in [-0.15, -0.1) is 0 Å². The van der Waals surface area contributed by atoms with Crippen molar-refractivity contribution in [3.8, 4) is 0 Å². The van der Waals surface area contributed by atoms with Gasteiger partial charge in [0.15, 0.2) is 0 Å². The molecule has 1 aromatic rings. The van der Waals surface area contributed by atoms with E-state index in [-0.39, 0.29) is 12.3 Å². The zero-order valence-corrected chi connectivity index (χ0v) is 7.81. The number of aliphatic imine (C=N–C) groups is 1. The number of amides is 1. The summed E-state index contributed by atoms with van der Waals surface area (Å²) in [5.41, 5.74) is 11.5. The molecule has 0 aliphatic rings. The van der Waals surface area contributed by atoms with Gasteiger partial charge in [0.2, 0.25) is 5.91 Å². The molecule has 0 radical (unpaired) electrons. The van der Waals surface area contributed by atoms with Gasteiger partial charge in [-0.1, -0.05) is 30.3 Å². The Labute approximate surface area is 82.6 Å². The van der Waals surface area contributed by atoms with Crippen LogP contribution in [0.1, 0.15) is 12.0 Å². The molecular formula is C10H13N3O. The summed E-state index contributed by atoms with van der Waals surface area (Å²) in [5.74, 6) is -0.180. The Morgan fingerprint density at radius 2 is 1.86 bits per heavy atom. The van der Waals surface area contributed by atoms with E-state index in [2.05, 4.69) is 4.99 Å². The molecule has 0 spiro atoms. The Bertz CT molecular complexity index is 332. The average molecular weight is 191 g/mol. The first-order valence-electron chi connectivity index (χ1n) is 4.29. The third-order valence-corrected chi connectivity index (χ3v) is 1.66. The molecule has 0 saturated heterocycles. The SMILES string of the molecule is NC(=O)CC(N)=NCc1ccccc1. The second-order valence-corrected chi connectivity index (χ2v) is 2.94. The highest BCUT2D eigenvalue weighted by Crippen LogP contribution is 2.00. The van der Waals surface area contributed by atoms with Crippen molar-refractivity contribution < 1.29 is 4.79 Å². The van der Waals surface area contributed by atoms with Crippen molar-refractivity contribution in [3.63, 3.8) is 0 Å². The molecule has 0 atom stereocenters. The van der Waals surface area contributed by atoms with Crippen LogP contribution in [-0.2, 0) is 11.3 Å². The van der Waals surface area contributed by atoms with Crippen molar-refractivity contribution in [2.75, 3.05) is 0 Å². The molecule has 74 valence electrons. The summed E-state index contributed by atoms with van der Waals surface area (Å²) in [7, 11) is 0. The number of hydrogen-bond donors (Lipinski definition) is 2. The summed E-state index contributed by atoms with van der Waals surface area (Å²) in [6.07, 6.45) is 0.0207. The minimum atomic E-state index is -0.459. The van der Waals surface area contributed by atoms with Crippen LogP contribution in [0.5, 0.6) is 0 Å². The van der Waals surface area contributed by atoms with Crippen molar-refractivity contribution >= 4 is 11.7 Å². The number of carbonyl (C=O) groups excluding carboxylic acids is 1. The van der Waals surface area contributed by atoms with Crippen LogP contribution in [0.2, 0.25) is 0 Å². The van der Waals surface area contributed by atoms with Gasteiger partial charge in [-0.05, 0) is 5.56 Å². The molecule has 0 aliphatic heterocycles.